The van der Waals surface area contributed by atoms with Gasteiger partial charge in [-0.2, -0.15) is 5.10 Å². The predicted octanol–water partition coefficient (Wildman–Crippen LogP) is 4.87. The van der Waals surface area contributed by atoms with Gasteiger partial charge >= 0.3 is 0 Å². The largest absolute Gasteiger partial charge is 0.491 e. The summed E-state index contributed by atoms with van der Waals surface area (Å²) < 4.78 is 27.9. The fourth-order valence-electron chi connectivity index (χ4n) is 5.45. The van der Waals surface area contributed by atoms with Gasteiger partial charge in [0.15, 0.2) is 0 Å². The van der Waals surface area contributed by atoms with E-state index in [2.05, 4.69) is 50.2 Å². The molecule has 4 heterocycles. The minimum atomic E-state index is -0.300. The Kier molecular flexibility index (Phi) is 5.41. The predicted molar refractivity (Wildman–Crippen MR) is 141 cm³/mol. The first-order valence-corrected chi connectivity index (χ1v) is 13.0. The molecule has 3 aliphatic rings. The monoisotopic (exact) mass is 499 g/mol. The molecule has 4 aromatic rings. The highest BCUT2D eigenvalue weighted by Gasteiger charge is 2.44. The summed E-state index contributed by atoms with van der Waals surface area (Å²) >= 11 is 0. The fourth-order valence-corrected chi connectivity index (χ4v) is 5.45. The van der Waals surface area contributed by atoms with Gasteiger partial charge in [-0.1, -0.05) is 18.2 Å². The Bertz CT molecular complexity index is 1470. The van der Waals surface area contributed by atoms with Crippen LogP contribution in [0.1, 0.15) is 18.4 Å². The van der Waals surface area contributed by atoms with E-state index in [0.29, 0.717) is 31.1 Å². The molecule has 1 saturated heterocycles. The number of aromatic nitrogens is 3. The van der Waals surface area contributed by atoms with Gasteiger partial charge in [0.05, 0.1) is 42.9 Å². The molecule has 0 amide bonds. The minimum absolute atomic E-state index is 0.00149. The van der Waals surface area contributed by atoms with Crippen molar-refractivity contribution in [1.82, 2.24) is 20.1 Å². The third kappa shape index (κ3) is 4.14. The SMILES string of the molecule is CN1CCN(c2ccc3cc2OCC2(CC2)COCc2cccc(F)c2-c2cc4c-3n[nH]c4cn2)CC1. The molecule has 1 spiro atoms. The summed E-state index contributed by atoms with van der Waals surface area (Å²) in [5.41, 5.74) is 5.54. The number of nitrogens with zero attached hydrogens (tertiary/aromatic N) is 4. The molecule has 1 N–H and O–H groups in total. The van der Waals surface area contributed by atoms with Crippen LogP contribution in [-0.2, 0) is 11.3 Å². The second-order valence-electron chi connectivity index (χ2n) is 10.7. The zero-order chi connectivity index (χ0) is 25.0. The lowest BCUT2D eigenvalue weighted by Gasteiger charge is -2.35. The van der Waals surface area contributed by atoms with Crippen molar-refractivity contribution in [3.8, 4) is 28.3 Å². The van der Waals surface area contributed by atoms with E-state index in [1.165, 1.54) is 6.07 Å². The number of ether oxygens (including phenoxy) is 2. The molecule has 4 bridgehead atoms. The molecule has 1 saturated carbocycles. The normalized spacial score (nSPS) is 19.4. The summed E-state index contributed by atoms with van der Waals surface area (Å²) in [6.07, 6.45) is 3.86. The number of rotatable bonds is 1. The van der Waals surface area contributed by atoms with Crippen molar-refractivity contribution >= 4 is 16.6 Å². The summed E-state index contributed by atoms with van der Waals surface area (Å²) in [5, 5.41) is 8.63. The Labute approximate surface area is 215 Å². The topological polar surface area (TPSA) is 66.5 Å². The van der Waals surface area contributed by atoms with E-state index in [-0.39, 0.29) is 11.2 Å². The van der Waals surface area contributed by atoms with Gasteiger partial charge in [-0.25, -0.2) is 4.39 Å². The van der Waals surface area contributed by atoms with E-state index in [1.807, 2.05) is 12.1 Å². The average Bonchev–Trinajstić information content (AvgIpc) is 3.56. The first-order chi connectivity index (χ1) is 18.1. The molecule has 190 valence electrons. The van der Waals surface area contributed by atoms with E-state index in [4.69, 9.17) is 9.47 Å². The highest BCUT2D eigenvalue weighted by Crippen LogP contribution is 2.47. The van der Waals surface area contributed by atoms with Gasteiger partial charge in [0, 0.05) is 48.1 Å². The molecule has 37 heavy (non-hydrogen) atoms. The Morgan fingerprint density at radius 3 is 2.73 bits per heavy atom. The average molecular weight is 500 g/mol. The molecule has 0 unspecified atom stereocenters. The number of H-pyrrole nitrogens is 1. The lowest BCUT2D eigenvalue weighted by Crippen LogP contribution is -2.44. The van der Waals surface area contributed by atoms with Crippen LogP contribution in [0.25, 0.3) is 33.4 Å². The highest BCUT2D eigenvalue weighted by atomic mass is 19.1. The molecule has 2 fully saturated rings. The number of nitrogens with one attached hydrogen (secondary N) is 1. The van der Waals surface area contributed by atoms with E-state index < -0.39 is 0 Å². The van der Waals surface area contributed by atoms with Gasteiger partial charge in [0.2, 0.25) is 0 Å². The van der Waals surface area contributed by atoms with E-state index in [1.54, 1.807) is 12.3 Å². The van der Waals surface area contributed by atoms with Crippen LogP contribution < -0.4 is 9.64 Å². The number of fused-ring (bicyclic) bond motifs is 6. The van der Waals surface area contributed by atoms with Crippen LogP contribution in [0.15, 0.2) is 48.7 Å². The number of piperazine rings is 1. The molecule has 2 aliphatic heterocycles. The van der Waals surface area contributed by atoms with Crippen molar-refractivity contribution in [1.29, 1.82) is 0 Å². The zero-order valence-electron chi connectivity index (χ0n) is 21.0. The molecular weight excluding hydrogens is 469 g/mol. The molecule has 8 heteroatoms. The van der Waals surface area contributed by atoms with Crippen molar-refractivity contribution in [2.45, 2.75) is 19.4 Å². The maximum Gasteiger partial charge on any atom is 0.143 e. The summed E-state index contributed by atoms with van der Waals surface area (Å²) in [5.74, 6) is 0.577. The Hall–Kier alpha value is -3.49. The van der Waals surface area contributed by atoms with Crippen molar-refractivity contribution in [2.75, 3.05) is 51.3 Å². The zero-order valence-corrected chi connectivity index (χ0v) is 21.0. The second kappa shape index (κ2) is 8.82. The van der Waals surface area contributed by atoms with Crippen molar-refractivity contribution < 1.29 is 13.9 Å². The van der Waals surface area contributed by atoms with Gasteiger partial charge in [-0.05, 0) is 49.7 Å². The number of aromatic amines is 1. The Morgan fingerprint density at radius 2 is 1.89 bits per heavy atom. The van der Waals surface area contributed by atoms with Gasteiger partial charge < -0.3 is 19.3 Å². The quantitative estimate of drug-likeness (QED) is 0.403. The third-order valence-corrected chi connectivity index (χ3v) is 8.04. The maximum absolute atomic E-state index is 15.1. The Balaban J connectivity index is 1.37. The molecule has 2 aromatic heterocycles. The van der Waals surface area contributed by atoms with E-state index >= 15 is 4.39 Å². The lowest BCUT2D eigenvalue weighted by atomic mass is 10.0. The van der Waals surface area contributed by atoms with Crippen LogP contribution in [0, 0.1) is 11.2 Å². The molecular formula is C29H30FN5O2. The van der Waals surface area contributed by atoms with Crippen molar-refractivity contribution in [3.63, 3.8) is 0 Å². The minimum Gasteiger partial charge on any atom is -0.491 e. The molecule has 7 nitrogen and oxygen atoms in total. The third-order valence-electron chi connectivity index (χ3n) is 8.04. The number of pyridine rings is 1. The van der Waals surface area contributed by atoms with E-state index in [0.717, 1.165) is 78.2 Å². The fraction of sp³-hybridized carbons (Fsp3) is 0.379. The summed E-state index contributed by atoms with van der Waals surface area (Å²) in [6.45, 7) is 5.48. The first-order valence-electron chi connectivity index (χ1n) is 13.0. The highest BCUT2D eigenvalue weighted by molar-refractivity contribution is 5.95. The number of anilines is 1. The van der Waals surface area contributed by atoms with Crippen LogP contribution in [0.4, 0.5) is 10.1 Å². The smallest absolute Gasteiger partial charge is 0.143 e. The van der Waals surface area contributed by atoms with Gasteiger partial charge in [-0.15, -0.1) is 0 Å². The van der Waals surface area contributed by atoms with Gasteiger partial charge in [0.1, 0.15) is 17.3 Å². The van der Waals surface area contributed by atoms with Crippen LogP contribution in [-0.4, -0.2) is 66.5 Å². The molecule has 7 rings (SSSR count). The van der Waals surface area contributed by atoms with Gasteiger partial charge in [0.25, 0.3) is 0 Å². The molecule has 2 aromatic carbocycles. The van der Waals surface area contributed by atoms with Crippen LogP contribution >= 0.6 is 0 Å². The lowest BCUT2D eigenvalue weighted by molar-refractivity contribution is 0.0570. The maximum atomic E-state index is 15.1. The molecule has 0 radical (unpaired) electrons. The molecule has 1 aliphatic carbocycles. The Morgan fingerprint density at radius 1 is 1.03 bits per heavy atom. The van der Waals surface area contributed by atoms with Crippen molar-refractivity contribution in [3.05, 3.63) is 60.0 Å². The van der Waals surface area contributed by atoms with Crippen LogP contribution in [0.2, 0.25) is 0 Å². The first kappa shape index (κ1) is 22.7. The van der Waals surface area contributed by atoms with E-state index in [9.17, 15) is 0 Å². The second-order valence-corrected chi connectivity index (χ2v) is 10.7. The standard InChI is InChI=1S/C29H30FN5O2/c1-34-9-11-35(12-10-34)25-6-5-19-13-26(25)37-18-29(7-8-29)17-36-16-20-3-2-4-22(30)27(20)23-14-21-24(15-31-23)32-33-28(19)21/h2-6,13-15H,7-12,16-18H2,1H3,(H,32,33). The summed E-state index contributed by atoms with van der Waals surface area (Å²) in [7, 11) is 2.16. The van der Waals surface area contributed by atoms with Crippen molar-refractivity contribution in [2.24, 2.45) is 5.41 Å². The number of benzene rings is 2. The van der Waals surface area contributed by atoms with Crippen LogP contribution in [0.3, 0.4) is 0 Å². The number of hydrogen-bond donors (Lipinski definition) is 1. The number of hydrogen-bond acceptors (Lipinski definition) is 6. The number of halogens is 1. The van der Waals surface area contributed by atoms with Crippen LogP contribution in [0.5, 0.6) is 5.75 Å². The summed E-state index contributed by atoms with van der Waals surface area (Å²) in [6, 6.07) is 13.4. The molecule has 0 atom stereocenters. The van der Waals surface area contributed by atoms with Gasteiger partial charge in [-0.3, -0.25) is 10.1 Å². The summed E-state index contributed by atoms with van der Waals surface area (Å²) in [4.78, 5) is 9.35. The number of likely N-dealkylation sites (N-methyl/N-ethyl adjacent to an activating group) is 1.